The molecule has 2 aromatic carbocycles. The lowest BCUT2D eigenvalue weighted by atomic mass is 10.1. The Hall–Kier alpha value is -1.80. The van der Waals surface area contributed by atoms with Gasteiger partial charge in [0.25, 0.3) is 5.91 Å². The highest BCUT2D eigenvalue weighted by Gasteiger charge is 2.13. The zero-order chi connectivity index (χ0) is 13.5. The van der Waals surface area contributed by atoms with E-state index in [9.17, 15) is 4.79 Å². The number of rotatable bonds is 5. The van der Waals surface area contributed by atoms with Gasteiger partial charge in [0.15, 0.2) is 0 Å². The van der Waals surface area contributed by atoms with Crippen molar-refractivity contribution in [2.24, 2.45) is 0 Å². The summed E-state index contributed by atoms with van der Waals surface area (Å²) in [6.45, 7) is 0. The highest BCUT2D eigenvalue weighted by Crippen LogP contribution is 2.06. The van der Waals surface area contributed by atoms with Crippen LogP contribution in [-0.4, -0.2) is 17.8 Å². The van der Waals surface area contributed by atoms with Gasteiger partial charge in [-0.05, 0) is 24.1 Å². The van der Waals surface area contributed by atoms with Crippen LogP contribution in [0, 0.1) is 0 Å². The fraction of sp³-hybridized carbons (Fsp3) is 0.188. The lowest BCUT2D eigenvalue weighted by Crippen LogP contribution is -2.37. The van der Waals surface area contributed by atoms with E-state index in [1.165, 1.54) is 5.56 Å². The average molecular weight is 274 g/mol. The van der Waals surface area contributed by atoms with Crippen molar-refractivity contribution in [2.45, 2.75) is 12.5 Å². The summed E-state index contributed by atoms with van der Waals surface area (Å²) in [6, 6.07) is 19.1. The van der Waals surface area contributed by atoms with E-state index >= 15 is 0 Å². The molecule has 0 radical (unpaired) electrons. The van der Waals surface area contributed by atoms with E-state index < -0.39 is 0 Å². The Labute approximate surface area is 118 Å². The lowest BCUT2D eigenvalue weighted by Gasteiger charge is -2.16. The SMILES string of the molecule is O=C(N[C@H](CCl)Cc1ccccc1)c1ccccc1. The molecule has 0 aliphatic heterocycles. The number of carbonyl (C=O) groups excluding carboxylic acids is 1. The molecule has 1 N–H and O–H groups in total. The van der Waals surface area contributed by atoms with Crippen LogP contribution in [0.2, 0.25) is 0 Å². The van der Waals surface area contributed by atoms with Gasteiger partial charge in [0.05, 0.1) is 0 Å². The predicted octanol–water partition coefficient (Wildman–Crippen LogP) is 3.27. The molecule has 0 unspecified atom stereocenters. The van der Waals surface area contributed by atoms with Crippen LogP contribution in [0.4, 0.5) is 0 Å². The van der Waals surface area contributed by atoms with Crippen LogP contribution in [0.5, 0.6) is 0 Å². The van der Waals surface area contributed by atoms with Crippen molar-refractivity contribution in [1.82, 2.24) is 5.32 Å². The van der Waals surface area contributed by atoms with E-state index in [0.717, 1.165) is 6.42 Å². The molecule has 0 aliphatic rings. The molecule has 0 aromatic heterocycles. The highest BCUT2D eigenvalue weighted by molar-refractivity contribution is 6.18. The Kier molecular flexibility index (Phi) is 4.99. The quantitative estimate of drug-likeness (QED) is 0.833. The first-order chi connectivity index (χ1) is 9.29. The molecule has 1 amide bonds. The zero-order valence-electron chi connectivity index (χ0n) is 10.6. The fourth-order valence-electron chi connectivity index (χ4n) is 1.90. The first kappa shape index (κ1) is 13.6. The third kappa shape index (κ3) is 4.11. The molecule has 2 aromatic rings. The normalized spacial score (nSPS) is 11.8. The minimum absolute atomic E-state index is 0.0585. The highest BCUT2D eigenvalue weighted by atomic mass is 35.5. The molecule has 19 heavy (non-hydrogen) atoms. The van der Waals surface area contributed by atoms with Crippen LogP contribution < -0.4 is 5.32 Å². The minimum Gasteiger partial charge on any atom is -0.348 e. The van der Waals surface area contributed by atoms with E-state index in [-0.39, 0.29) is 11.9 Å². The Bertz CT molecular complexity index is 513. The maximum atomic E-state index is 12.0. The Morgan fingerprint density at radius 2 is 1.58 bits per heavy atom. The van der Waals surface area contributed by atoms with Gasteiger partial charge in [-0.2, -0.15) is 0 Å². The molecular formula is C16H16ClNO. The van der Waals surface area contributed by atoms with Gasteiger partial charge in [-0.25, -0.2) is 0 Å². The van der Waals surface area contributed by atoms with Crippen LogP contribution in [-0.2, 0) is 6.42 Å². The first-order valence-electron chi connectivity index (χ1n) is 6.25. The van der Waals surface area contributed by atoms with E-state index in [2.05, 4.69) is 5.32 Å². The molecule has 3 heteroatoms. The van der Waals surface area contributed by atoms with Gasteiger partial charge in [-0.15, -0.1) is 11.6 Å². The molecule has 2 nitrogen and oxygen atoms in total. The van der Waals surface area contributed by atoms with Crippen molar-refractivity contribution in [1.29, 1.82) is 0 Å². The maximum absolute atomic E-state index is 12.0. The summed E-state index contributed by atoms with van der Waals surface area (Å²) in [5.41, 5.74) is 1.83. The van der Waals surface area contributed by atoms with Gasteiger partial charge >= 0.3 is 0 Å². The van der Waals surface area contributed by atoms with Crippen molar-refractivity contribution in [3.8, 4) is 0 Å². The number of alkyl halides is 1. The number of hydrogen-bond donors (Lipinski definition) is 1. The van der Waals surface area contributed by atoms with Gasteiger partial charge in [0, 0.05) is 17.5 Å². The lowest BCUT2D eigenvalue weighted by molar-refractivity contribution is 0.0940. The number of benzene rings is 2. The smallest absolute Gasteiger partial charge is 0.251 e. The maximum Gasteiger partial charge on any atom is 0.251 e. The standard InChI is InChI=1S/C16H16ClNO/c17-12-15(11-13-7-3-1-4-8-13)18-16(19)14-9-5-2-6-10-14/h1-10,15H,11-12H2,(H,18,19)/t15-/m0/s1. The Morgan fingerprint density at radius 3 is 2.16 bits per heavy atom. The van der Waals surface area contributed by atoms with Crippen molar-refractivity contribution < 1.29 is 4.79 Å². The molecule has 0 fully saturated rings. The topological polar surface area (TPSA) is 29.1 Å². The molecule has 0 saturated heterocycles. The second-order valence-electron chi connectivity index (χ2n) is 4.38. The van der Waals surface area contributed by atoms with Crippen LogP contribution in [0.3, 0.4) is 0 Å². The second kappa shape index (κ2) is 6.95. The van der Waals surface area contributed by atoms with Crippen LogP contribution in [0.1, 0.15) is 15.9 Å². The molecule has 0 bridgehead atoms. The van der Waals surface area contributed by atoms with Crippen molar-refractivity contribution in [2.75, 3.05) is 5.88 Å². The van der Waals surface area contributed by atoms with Crippen LogP contribution >= 0.6 is 11.6 Å². The summed E-state index contributed by atoms with van der Waals surface area (Å²) in [5.74, 6) is 0.315. The monoisotopic (exact) mass is 273 g/mol. The first-order valence-corrected chi connectivity index (χ1v) is 6.79. The van der Waals surface area contributed by atoms with Crippen molar-refractivity contribution in [3.05, 3.63) is 71.8 Å². The zero-order valence-corrected chi connectivity index (χ0v) is 11.3. The third-order valence-corrected chi connectivity index (χ3v) is 3.25. The summed E-state index contributed by atoms with van der Waals surface area (Å²) in [7, 11) is 0. The molecular weight excluding hydrogens is 258 g/mol. The summed E-state index contributed by atoms with van der Waals surface area (Å²) >= 11 is 5.93. The van der Waals surface area contributed by atoms with Crippen LogP contribution in [0.25, 0.3) is 0 Å². The van der Waals surface area contributed by atoms with Crippen molar-refractivity contribution in [3.63, 3.8) is 0 Å². The number of carbonyl (C=O) groups is 1. The molecule has 0 spiro atoms. The average Bonchev–Trinajstić information content (AvgIpc) is 2.48. The van der Waals surface area contributed by atoms with Gasteiger partial charge in [0.1, 0.15) is 0 Å². The Balaban J connectivity index is 1.98. The van der Waals surface area contributed by atoms with E-state index in [0.29, 0.717) is 11.4 Å². The molecule has 0 saturated carbocycles. The number of hydrogen-bond acceptors (Lipinski definition) is 1. The van der Waals surface area contributed by atoms with Gasteiger partial charge < -0.3 is 5.32 Å². The molecule has 0 aliphatic carbocycles. The third-order valence-electron chi connectivity index (χ3n) is 2.88. The Morgan fingerprint density at radius 1 is 1.00 bits per heavy atom. The van der Waals surface area contributed by atoms with E-state index in [1.807, 2.05) is 48.5 Å². The summed E-state index contributed by atoms with van der Waals surface area (Å²) in [6.07, 6.45) is 0.739. The summed E-state index contributed by atoms with van der Waals surface area (Å²) in [4.78, 5) is 12.0. The van der Waals surface area contributed by atoms with Gasteiger partial charge in [-0.3, -0.25) is 4.79 Å². The summed E-state index contributed by atoms with van der Waals surface area (Å²) in [5, 5.41) is 2.96. The fourth-order valence-corrected chi connectivity index (χ4v) is 2.09. The van der Waals surface area contributed by atoms with Gasteiger partial charge in [-0.1, -0.05) is 48.5 Å². The number of amides is 1. The number of nitrogens with one attached hydrogen (secondary N) is 1. The van der Waals surface area contributed by atoms with E-state index in [1.54, 1.807) is 12.1 Å². The van der Waals surface area contributed by atoms with E-state index in [4.69, 9.17) is 11.6 Å². The van der Waals surface area contributed by atoms with Crippen molar-refractivity contribution >= 4 is 17.5 Å². The summed E-state index contributed by atoms with van der Waals surface area (Å²) < 4.78 is 0. The minimum atomic E-state index is -0.0813. The van der Waals surface area contributed by atoms with Crippen LogP contribution in [0.15, 0.2) is 60.7 Å². The largest absolute Gasteiger partial charge is 0.348 e. The van der Waals surface area contributed by atoms with Gasteiger partial charge in [0.2, 0.25) is 0 Å². The molecule has 0 heterocycles. The number of halogens is 1. The molecule has 1 atom stereocenters. The molecule has 98 valence electrons. The molecule has 2 rings (SSSR count). The predicted molar refractivity (Wildman–Crippen MR) is 78.6 cm³/mol. The second-order valence-corrected chi connectivity index (χ2v) is 4.69.